The highest BCUT2D eigenvalue weighted by Gasteiger charge is 2.41. The Morgan fingerprint density at radius 3 is 2.78 bits per heavy atom. The molecule has 6 nitrogen and oxygen atoms in total. The van der Waals surface area contributed by atoms with Crippen LogP contribution in [0.25, 0.3) is 10.9 Å². The van der Waals surface area contributed by atoms with Crippen LogP contribution in [0.3, 0.4) is 0 Å². The Morgan fingerprint density at radius 2 is 1.94 bits per heavy atom. The summed E-state index contributed by atoms with van der Waals surface area (Å²) in [5.41, 5.74) is 1.75. The third kappa shape index (κ3) is 4.12. The van der Waals surface area contributed by atoms with E-state index in [-0.39, 0.29) is 24.2 Å². The van der Waals surface area contributed by atoms with Gasteiger partial charge in [0.2, 0.25) is 5.91 Å². The van der Waals surface area contributed by atoms with Gasteiger partial charge in [-0.25, -0.2) is 4.39 Å². The van der Waals surface area contributed by atoms with Crippen LogP contribution in [0.1, 0.15) is 35.3 Å². The molecule has 1 spiro atoms. The number of nitrogens with zero attached hydrogens (tertiary/aromatic N) is 2. The van der Waals surface area contributed by atoms with Crippen molar-refractivity contribution in [1.29, 1.82) is 0 Å². The van der Waals surface area contributed by atoms with Gasteiger partial charge in [-0.3, -0.25) is 9.59 Å². The number of likely N-dealkylation sites (tertiary alicyclic amines) is 1. The predicted octanol–water partition coefficient (Wildman–Crippen LogP) is 3.73. The molecule has 5 rings (SSSR count). The fourth-order valence-electron chi connectivity index (χ4n) is 4.79. The van der Waals surface area contributed by atoms with E-state index >= 15 is 0 Å². The van der Waals surface area contributed by atoms with E-state index in [9.17, 15) is 14.0 Å². The number of aromatic amines is 1. The first-order chi connectivity index (χ1) is 15.5. The van der Waals surface area contributed by atoms with Gasteiger partial charge in [-0.1, -0.05) is 30.3 Å². The number of ether oxygens (including phenoxy) is 1. The molecule has 0 unspecified atom stereocenters. The summed E-state index contributed by atoms with van der Waals surface area (Å²) in [5, 5.41) is 0.812. The second-order valence-electron chi connectivity index (χ2n) is 8.77. The van der Waals surface area contributed by atoms with Crippen LogP contribution < -0.4 is 0 Å². The minimum Gasteiger partial charge on any atom is -0.363 e. The number of carbonyl (C=O) groups is 2. The molecule has 1 N–H and O–H groups in total. The van der Waals surface area contributed by atoms with E-state index in [2.05, 4.69) is 4.98 Å². The highest BCUT2D eigenvalue weighted by molar-refractivity contribution is 5.98. The van der Waals surface area contributed by atoms with Crippen LogP contribution in [0.15, 0.2) is 54.6 Å². The highest BCUT2D eigenvalue weighted by Crippen LogP contribution is 2.32. The first kappa shape index (κ1) is 20.7. The summed E-state index contributed by atoms with van der Waals surface area (Å²) in [7, 11) is 0. The van der Waals surface area contributed by atoms with Gasteiger partial charge in [-0.05, 0) is 49.1 Å². The lowest BCUT2D eigenvalue weighted by atomic mass is 9.92. The minimum absolute atomic E-state index is 0.00182. The molecule has 2 saturated heterocycles. The second kappa shape index (κ2) is 8.39. The molecular formula is C25H26FN3O3. The van der Waals surface area contributed by atoms with Crippen LogP contribution >= 0.6 is 0 Å². The molecule has 2 aliphatic heterocycles. The van der Waals surface area contributed by atoms with Gasteiger partial charge in [0.25, 0.3) is 5.91 Å². The monoisotopic (exact) mass is 435 g/mol. The Kier molecular flexibility index (Phi) is 5.43. The third-order valence-corrected chi connectivity index (χ3v) is 6.55. The number of aromatic nitrogens is 1. The summed E-state index contributed by atoms with van der Waals surface area (Å²) in [5.74, 6) is -0.423. The van der Waals surface area contributed by atoms with E-state index < -0.39 is 5.60 Å². The summed E-state index contributed by atoms with van der Waals surface area (Å²) in [6.07, 6.45) is 2.27. The van der Waals surface area contributed by atoms with Crippen LogP contribution in [0.2, 0.25) is 0 Å². The van der Waals surface area contributed by atoms with Gasteiger partial charge < -0.3 is 19.5 Å². The Hall–Kier alpha value is -3.19. The van der Waals surface area contributed by atoms with Crippen molar-refractivity contribution >= 4 is 22.7 Å². The standard InChI is InChI=1S/C25H26FN3O3/c26-20-8-7-19-13-22(27-21(19)14-20)24(31)28-11-4-9-25(10-12-28)17-29(23(30)16-32-25)15-18-5-2-1-3-6-18/h1-3,5-8,13-14,27H,4,9-12,15-17H2/t25-/m0/s1. The molecule has 3 heterocycles. The molecular weight excluding hydrogens is 409 g/mol. The minimum atomic E-state index is -0.429. The number of hydrogen-bond acceptors (Lipinski definition) is 3. The summed E-state index contributed by atoms with van der Waals surface area (Å²) in [4.78, 5) is 32.4. The van der Waals surface area contributed by atoms with Gasteiger partial charge in [0.05, 0.1) is 12.1 Å². The molecule has 2 fully saturated rings. The van der Waals surface area contributed by atoms with Crippen molar-refractivity contribution in [3.63, 3.8) is 0 Å². The van der Waals surface area contributed by atoms with Crippen molar-refractivity contribution in [2.75, 3.05) is 26.2 Å². The maximum Gasteiger partial charge on any atom is 0.270 e. The number of halogens is 1. The number of H-pyrrole nitrogens is 1. The third-order valence-electron chi connectivity index (χ3n) is 6.55. The zero-order valence-corrected chi connectivity index (χ0v) is 17.9. The molecule has 3 aromatic rings. The first-order valence-electron chi connectivity index (χ1n) is 11.0. The second-order valence-corrected chi connectivity index (χ2v) is 8.77. The summed E-state index contributed by atoms with van der Waals surface area (Å²) < 4.78 is 19.6. The van der Waals surface area contributed by atoms with Gasteiger partial charge in [-0.15, -0.1) is 0 Å². The Bertz CT molecular complexity index is 1150. The highest BCUT2D eigenvalue weighted by atomic mass is 19.1. The van der Waals surface area contributed by atoms with Gasteiger partial charge in [0.1, 0.15) is 18.1 Å². The maximum absolute atomic E-state index is 13.5. The molecule has 1 aromatic heterocycles. The van der Waals surface area contributed by atoms with Crippen molar-refractivity contribution < 1.29 is 18.7 Å². The number of morpholine rings is 1. The summed E-state index contributed by atoms with van der Waals surface area (Å²) >= 11 is 0. The molecule has 2 aliphatic rings. The smallest absolute Gasteiger partial charge is 0.270 e. The van der Waals surface area contributed by atoms with E-state index in [1.54, 1.807) is 12.1 Å². The largest absolute Gasteiger partial charge is 0.363 e. The normalized spacial score (nSPS) is 21.8. The maximum atomic E-state index is 13.5. The molecule has 0 aliphatic carbocycles. The molecule has 2 aromatic carbocycles. The van der Waals surface area contributed by atoms with E-state index in [0.717, 1.165) is 23.8 Å². The average molecular weight is 435 g/mol. The number of rotatable bonds is 3. The SMILES string of the molecule is O=C1CO[C@]2(CCCN(C(=O)c3cc4ccc(F)cc4[nH]3)CC2)CN1Cc1ccccc1. The van der Waals surface area contributed by atoms with E-state index in [0.29, 0.717) is 43.8 Å². The van der Waals surface area contributed by atoms with Gasteiger partial charge in [0, 0.05) is 30.5 Å². The molecule has 7 heteroatoms. The number of benzene rings is 2. The summed E-state index contributed by atoms with van der Waals surface area (Å²) in [6, 6.07) is 16.2. The van der Waals surface area contributed by atoms with Crippen LogP contribution in [-0.4, -0.2) is 58.4 Å². The fraction of sp³-hybridized carbons (Fsp3) is 0.360. The lowest BCUT2D eigenvalue weighted by Crippen LogP contribution is -2.54. The molecule has 0 saturated carbocycles. The number of amides is 2. The average Bonchev–Trinajstić information content (AvgIpc) is 3.11. The lowest BCUT2D eigenvalue weighted by molar-refractivity contribution is -0.166. The van der Waals surface area contributed by atoms with Crippen LogP contribution in [0.5, 0.6) is 0 Å². The zero-order chi connectivity index (χ0) is 22.1. The van der Waals surface area contributed by atoms with E-state index in [1.807, 2.05) is 40.1 Å². The van der Waals surface area contributed by atoms with Crippen molar-refractivity contribution in [3.8, 4) is 0 Å². The van der Waals surface area contributed by atoms with Crippen molar-refractivity contribution in [1.82, 2.24) is 14.8 Å². The number of nitrogens with one attached hydrogen (secondary N) is 1. The van der Waals surface area contributed by atoms with Crippen LogP contribution in [-0.2, 0) is 16.1 Å². The molecule has 0 radical (unpaired) electrons. The summed E-state index contributed by atoms with van der Waals surface area (Å²) in [6.45, 7) is 2.36. The topological polar surface area (TPSA) is 65.6 Å². The number of carbonyl (C=O) groups excluding carboxylic acids is 2. The Labute approximate surface area is 186 Å². The van der Waals surface area contributed by atoms with Gasteiger partial charge in [0.15, 0.2) is 0 Å². The number of fused-ring (bicyclic) bond motifs is 1. The lowest BCUT2D eigenvalue weighted by Gasteiger charge is -2.42. The van der Waals surface area contributed by atoms with E-state index in [1.165, 1.54) is 12.1 Å². The van der Waals surface area contributed by atoms with Gasteiger partial charge >= 0.3 is 0 Å². The number of hydrogen-bond donors (Lipinski definition) is 1. The molecule has 0 bridgehead atoms. The molecule has 166 valence electrons. The zero-order valence-electron chi connectivity index (χ0n) is 17.9. The van der Waals surface area contributed by atoms with Crippen molar-refractivity contribution in [2.24, 2.45) is 0 Å². The fourth-order valence-corrected chi connectivity index (χ4v) is 4.79. The first-order valence-corrected chi connectivity index (χ1v) is 11.0. The van der Waals surface area contributed by atoms with Gasteiger partial charge in [-0.2, -0.15) is 0 Å². The van der Waals surface area contributed by atoms with Crippen LogP contribution in [0.4, 0.5) is 4.39 Å². The molecule has 32 heavy (non-hydrogen) atoms. The Morgan fingerprint density at radius 1 is 1.09 bits per heavy atom. The van der Waals surface area contributed by atoms with E-state index in [4.69, 9.17) is 4.74 Å². The molecule has 2 amide bonds. The predicted molar refractivity (Wildman–Crippen MR) is 119 cm³/mol. The van der Waals surface area contributed by atoms with Crippen molar-refractivity contribution in [3.05, 3.63) is 71.7 Å². The van der Waals surface area contributed by atoms with Crippen LogP contribution in [0, 0.1) is 5.82 Å². The Balaban J connectivity index is 1.28. The quantitative estimate of drug-likeness (QED) is 0.682. The molecule has 1 atom stereocenters. The van der Waals surface area contributed by atoms with Crippen molar-refractivity contribution in [2.45, 2.75) is 31.4 Å².